The summed E-state index contributed by atoms with van der Waals surface area (Å²) in [5.41, 5.74) is 5.78. The number of rotatable bonds is 6. The van der Waals surface area contributed by atoms with E-state index in [0.717, 1.165) is 17.2 Å². The van der Waals surface area contributed by atoms with Gasteiger partial charge < -0.3 is 9.84 Å². The number of amides is 1. The Hall–Kier alpha value is -2.94. The molecule has 0 unspecified atom stereocenters. The van der Waals surface area contributed by atoms with Crippen LogP contribution in [0.3, 0.4) is 0 Å². The van der Waals surface area contributed by atoms with Crippen molar-refractivity contribution in [2.24, 2.45) is 5.10 Å². The van der Waals surface area contributed by atoms with Crippen molar-refractivity contribution in [1.29, 1.82) is 0 Å². The lowest BCUT2D eigenvalue weighted by molar-refractivity contribution is 0.0697. The Kier molecular flexibility index (Phi) is 6.07. The number of carbonyl (C=O) groups excluding carboxylic acids is 1. The normalized spacial score (nSPS) is 11.1. The number of carboxylic acid groups (broad SMARTS) is 1. The van der Waals surface area contributed by atoms with Crippen LogP contribution >= 0.6 is 11.5 Å². The van der Waals surface area contributed by atoms with Crippen LogP contribution in [-0.2, 0) is 4.74 Å². The molecular formula is C16H18N4O4S. The van der Waals surface area contributed by atoms with Gasteiger partial charge >= 0.3 is 12.1 Å². The number of hydrogen-bond donors (Lipinski definition) is 3. The molecule has 3 N–H and O–H groups in total. The first-order valence-corrected chi connectivity index (χ1v) is 8.23. The summed E-state index contributed by atoms with van der Waals surface area (Å²) in [4.78, 5) is 22.4. The van der Waals surface area contributed by atoms with E-state index in [9.17, 15) is 9.59 Å². The average molecular weight is 362 g/mol. The molecule has 1 aromatic carbocycles. The Balaban J connectivity index is 2.15. The van der Waals surface area contributed by atoms with Crippen LogP contribution in [0.15, 0.2) is 29.4 Å². The number of carbonyl (C=O) groups is 2. The quantitative estimate of drug-likeness (QED) is 0.535. The number of nitrogens with zero attached hydrogens (tertiary/aromatic N) is 2. The minimum absolute atomic E-state index is 0.199. The second kappa shape index (κ2) is 8.25. The summed E-state index contributed by atoms with van der Waals surface area (Å²) in [6.07, 6.45) is -0.544. The van der Waals surface area contributed by atoms with E-state index in [1.807, 2.05) is 6.92 Å². The van der Waals surface area contributed by atoms with Gasteiger partial charge in [-0.15, -0.1) is 0 Å². The Bertz CT molecular complexity index is 799. The molecule has 0 bridgehead atoms. The van der Waals surface area contributed by atoms with Gasteiger partial charge in [-0.25, -0.2) is 9.59 Å². The first kappa shape index (κ1) is 18.4. The second-order valence-electron chi connectivity index (χ2n) is 5.01. The molecule has 0 aliphatic heterocycles. The predicted octanol–water partition coefficient (Wildman–Crippen LogP) is 3.55. The molecular weight excluding hydrogens is 344 g/mol. The van der Waals surface area contributed by atoms with Crippen LogP contribution in [0.1, 0.15) is 35.5 Å². The fourth-order valence-electron chi connectivity index (χ4n) is 2.03. The molecule has 2 aromatic rings. The number of benzene rings is 1. The summed E-state index contributed by atoms with van der Waals surface area (Å²) in [6, 6.07) is 6.22. The maximum absolute atomic E-state index is 11.6. The smallest absolute Gasteiger partial charge is 0.412 e. The molecule has 1 aromatic heterocycles. The van der Waals surface area contributed by atoms with Gasteiger partial charge in [0.1, 0.15) is 5.00 Å². The topological polar surface area (TPSA) is 113 Å². The minimum Gasteiger partial charge on any atom is -0.478 e. The van der Waals surface area contributed by atoms with Crippen LogP contribution in [0.5, 0.6) is 0 Å². The van der Waals surface area contributed by atoms with E-state index >= 15 is 0 Å². The monoisotopic (exact) mass is 362 g/mol. The number of ether oxygens (including phenoxy) is 1. The zero-order valence-electron chi connectivity index (χ0n) is 14.0. The van der Waals surface area contributed by atoms with E-state index in [1.165, 1.54) is 12.1 Å². The number of hydrazone groups is 1. The van der Waals surface area contributed by atoms with Crippen molar-refractivity contribution in [1.82, 2.24) is 4.37 Å². The minimum atomic E-state index is -0.985. The predicted molar refractivity (Wildman–Crippen MR) is 96.7 cm³/mol. The summed E-state index contributed by atoms with van der Waals surface area (Å²) in [6.45, 7) is 5.61. The summed E-state index contributed by atoms with van der Waals surface area (Å²) >= 11 is 1.15. The third-order valence-electron chi connectivity index (χ3n) is 3.20. The average Bonchev–Trinajstić information content (AvgIpc) is 2.93. The van der Waals surface area contributed by atoms with Crippen LogP contribution < -0.4 is 10.7 Å². The van der Waals surface area contributed by atoms with E-state index in [0.29, 0.717) is 22.0 Å². The first-order valence-electron chi connectivity index (χ1n) is 7.46. The molecule has 0 fully saturated rings. The Morgan fingerprint density at radius 3 is 2.60 bits per heavy atom. The molecule has 0 aliphatic rings. The molecule has 1 heterocycles. The molecule has 132 valence electrons. The molecule has 9 heteroatoms. The van der Waals surface area contributed by atoms with Crippen LogP contribution in [-0.4, -0.2) is 33.9 Å². The van der Waals surface area contributed by atoms with Gasteiger partial charge in [0.2, 0.25) is 0 Å². The summed E-state index contributed by atoms with van der Waals surface area (Å²) in [7, 11) is 0. The van der Waals surface area contributed by atoms with Gasteiger partial charge in [-0.2, -0.15) is 9.47 Å². The molecule has 0 saturated carbocycles. The zero-order valence-corrected chi connectivity index (χ0v) is 14.8. The Morgan fingerprint density at radius 2 is 2.00 bits per heavy atom. The SMILES string of the molecule is CCOC(=O)Nc1snc(C)c1/C(C)=N/Nc1ccc(C(=O)O)cc1. The highest BCUT2D eigenvalue weighted by molar-refractivity contribution is 7.11. The highest BCUT2D eigenvalue weighted by Gasteiger charge is 2.16. The fourth-order valence-corrected chi connectivity index (χ4v) is 2.87. The molecule has 0 atom stereocenters. The highest BCUT2D eigenvalue weighted by atomic mass is 32.1. The van der Waals surface area contributed by atoms with Gasteiger partial charge in [-0.3, -0.25) is 10.7 Å². The molecule has 25 heavy (non-hydrogen) atoms. The van der Waals surface area contributed by atoms with Crippen LogP contribution in [0.2, 0.25) is 0 Å². The lowest BCUT2D eigenvalue weighted by Crippen LogP contribution is -2.14. The van der Waals surface area contributed by atoms with Crippen LogP contribution in [0, 0.1) is 6.92 Å². The van der Waals surface area contributed by atoms with Gasteiger partial charge in [0, 0.05) is 0 Å². The zero-order chi connectivity index (χ0) is 18.4. The maximum atomic E-state index is 11.6. The van der Waals surface area contributed by atoms with E-state index < -0.39 is 12.1 Å². The van der Waals surface area contributed by atoms with E-state index in [-0.39, 0.29) is 12.2 Å². The third kappa shape index (κ3) is 4.77. The number of aryl methyl sites for hydroxylation is 1. The third-order valence-corrected chi connectivity index (χ3v) is 4.05. The fraction of sp³-hybridized carbons (Fsp3) is 0.250. The van der Waals surface area contributed by atoms with E-state index in [4.69, 9.17) is 9.84 Å². The molecule has 0 radical (unpaired) electrons. The standard InChI is InChI=1S/C16H18N4O4S/c1-4-24-16(23)17-14-13(10(3)20-25-14)9(2)18-19-12-7-5-11(6-8-12)15(21)22/h5-8,19H,4H2,1-3H3,(H,17,23)(H,21,22)/b18-9+. The molecule has 0 spiro atoms. The number of hydrogen-bond acceptors (Lipinski definition) is 7. The first-order chi connectivity index (χ1) is 11.9. The van der Waals surface area contributed by atoms with Crippen LogP contribution in [0.4, 0.5) is 15.5 Å². The van der Waals surface area contributed by atoms with Gasteiger partial charge in [0.15, 0.2) is 0 Å². The summed E-state index contributed by atoms with van der Waals surface area (Å²) < 4.78 is 9.11. The van der Waals surface area contributed by atoms with Gasteiger partial charge in [-0.05, 0) is 56.6 Å². The number of aromatic nitrogens is 1. The van der Waals surface area contributed by atoms with E-state index in [1.54, 1.807) is 26.0 Å². The lowest BCUT2D eigenvalue weighted by atomic mass is 10.1. The Labute approximate surface area is 148 Å². The van der Waals surface area contributed by atoms with Gasteiger partial charge in [-0.1, -0.05) is 0 Å². The van der Waals surface area contributed by atoms with E-state index in [2.05, 4.69) is 20.2 Å². The second-order valence-corrected chi connectivity index (χ2v) is 5.78. The van der Waals surface area contributed by atoms with Crippen molar-refractivity contribution < 1.29 is 19.4 Å². The number of aromatic carboxylic acids is 1. The van der Waals surface area contributed by atoms with Crippen molar-refractivity contribution >= 4 is 40.0 Å². The molecule has 2 rings (SSSR count). The molecule has 0 saturated heterocycles. The summed E-state index contributed by atoms with van der Waals surface area (Å²) in [5.74, 6) is -0.985. The Morgan fingerprint density at radius 1 is 1.32 bits per heavy atom. The number of anilines is 2. The van der Waals surface area contributed by atoms with Crippen molar-refractivity contribution in [2.45, 2.75) is 20.8 Å². The number of carboxylic acids is 1. The summed E-state index contributed by atoms with van der Waals surface area (Å²) in [5, 5.41) is 16.4. The molecule has 1 amide bonds. The lowest BCUT2D eigenvalue weighted by Gasteiger charge is -2.07. The van der Waals surface area contributed by atoms with Crippen molar-refractivity contribution in [3.05, 3.63) is 41.1 Å². The van der Waals surface area contributed by atoms with Gasteiger partial charge in [0.25, 0.3) is 0 Å². The van der Waals surface area contributed by atoms with Crippen LogP contribution in [0.25, 0.3) is 0 Å². The largest absolute Gasteiger partial charge is 0.478 e. The highest BCUT2D eigenvalue weighted by Crippen LogP contribution is 2.25. The number of nitrogens with one attached hydrogen (secondary N) is 2. The maximum Gasteiger partial charge on any atom is 0.412 e. The molecule has 0 aliphatic carbocycles. The van der Waals surface area contributed by atoms with Crippen molar-refractivity contribution in [2.75, 3.05) is 17.3 Å². The molecule has 8 nitrogen and oxygen atoms in total. The van der Waals surface area contributed by atoms with Crippen molar-refractivity contribution in [3.8, 4) is 0 Å². The van der Waals surface area contributed by atoms with Gasteiger partial charge in [0.05, 0.1) is 34.8 Å². The van der Waals surface area contributed by atoms with Crippen molar-refractivity contribution in [3.63, 3.8) is 0 Å².